The third-order valence-corrected chi connectivity index (χ3v) is 6.94. The molecule has 5 rings (SSSR count). The van der Waals surface area contributed by atoms with Gasteiger partial charge in [0.2, 0.25) is 0 Å². The quantitative estimate of drug-likeness (QED) is 0.531. The molecule has 3 aromatic rings. The average Bonchev–Trinajstić information content (AvgIpc) is 3.21. The molecule has 8 heteroatoms. The molecule has 2 aliphatic rings. The molecular formula is C25H30FN5O2. The fourth-order valence-corrected chi connectivity index (χ4v) is 5.00. The molecule has 1 atom stereocenters. The molecule has 0 bridgehead atoms. The van der Waals surface area contributed by atoms with Crippen LogP contribution in [0.5, 0.6) is 0 Å². The number of pyridine rings is 2. The van der Waals surface area contributed by atoms with Crippen molar-refractivity contribution in [3.63, 3.8) is 0 Å². The van der Waals surface area contributed by atoms with Crippen molar-refractivity contribution in [2.45, 2.75) is 30.5 Å². The van der Waals surface area contributed by atoms with Gasteiger partial charge in [-0.2, -0.15) is 0 Å². The molecule has 33 heavy (non-hydrogen) atoms. The van der Waals surface area contributed by atoms with Crippen LogP contribution in [0.3, 0.4) is 0 Å². The molecule has 3 N–H and O–H groups in total. The number of halogens is 1. The number of hydrogen-bond donors (Lipinski definition) is 3. The molecule has 2 fully saturated rings. The molecule has 1 unspecified atom stereocenters. The first-order valence-electron chi connectivity index (χ1n) is 11.5. The molecule has 7 nitrogen and oxygen atoms in total. The van der Waals surface area contributed by atoms with Crippen LogP contribution in [0, 0.1) is 5.82 Å². The lowest BCUT2D eigenvalue weighted by Gasteiger charge is -2.40. The van der Waals surface area contributed by atoms with Gasteiger partial charge in [0.25, 0.3) is 0 Å². The maximum absolute atomic E-state index is 14.1. The lowest BCUT2D eigenvalue weighted by atomic mass is 9.90. The monoisotopic (exact) mass is 451 g/mol. The van der Waals surface area contributed by atoms with E-state index in [0.29, 0.717) is 57.7 Å². The second-order valence-electron chi connectivity index (χ2n) is 9.36. The van der Waals surface area contributed by atoms with E-state index < -0.39 is 11.2 Å². The van der Waals surface area contributed by atoms with Gasteiger partial charge in [-0.05, 0) is 49.6 Å². The Kier molecular flexibility index (Phi) is 5.90. The summed E-state index contributed by atoms with van der Waals surface area (Å²) in [5.74, 6) is -0.230. The number of anilines is 2. The summed E-state index contributed by atoms with van der Waals surface area (Å²) in [7, 11) is 0. The van der Waals surface area contributed by atoms with Gasteiger partial charge in [0.15, 0.2) is 0 Å². The zero-order valence-corrected chi connectivity index (χ0v) is 18.6. The summed E-state index contributed by atoms with van der Waals surface area (Å²) in [6, 6.07) is 12.5. The van der Waals surface area contributed by atoms with Crippen LogP contribution >= 0.6 is 0 Å². The molecule has 0 radical (unpaired) electrons. The van der Waals surface area contributed by atoms with Crippen molar-refractivity contribution >= 4 is 22.4 Å². The number of para-hydroxylation sites is 1. The minimum Gasteiger partial charge on any atom is -0.388 e. The number of benzene rings is 1. The average molecular weight is 452 g/mol. The van der Waals surface area contributed by atoms with Crippen LogP contribution in [0.1, 0.15) is 19.3 Å². The van der Waals surface area contributed by atoms with Crippen LogP contribution in [0.4, 0.5) is 15.8 Å². The van der Waals surface area contributed by atoms with Gasteiger partial charge >= 0.3 is 0 Å². The molecule has 0 amide bonds. The molecule has 2 saturated heterocycles. The highest BCUT2D eigenvalue weighted by molar-refractivity contribution is 5.87. The highest BCUT2D eigenvalue weighted by Crippen LogP contribution is 2.31. The van der Waals surface area contributed by atoms with E-state index in [9.17, 15) is 14.6 Å². The lowest BCUT2D eigenvalue weighted by Crippen LogP contribution is -2.53. The Morgan fingerprint density at radius 1 is 0.818 bits per heavy atom. The van der Waals surface area contributed by atoms with Crippen LogP contribution in [0.25, 0.3) is 11.0 Å². The van der Waals surface area contributed by atoms with Crippen molar-refractivity contribution in [1.29, 1.82) is 0 Å². The van der Waals surface area contributed by atoms with E-state index in [0.717, 1.165) is 23.3 Å². The Morgan fingerprint density at radius 3 is 2.36 bits per heavy atom. The summed E-state index contributed by atoms with van der Waals surface area (Å²) in [5, 5.41) is 25.5. The van der Waals surface area contributed by atoms with Crippen LogP contribution in [-0.2, 0) is 0 Å². The lowest BCUT2D eigenvalue weighted by molar-refractivity contribution is 0.00633. The standard InChI is InChI=1S/C25H30FN5O2/c26-19-4-1-2-6-21(19)30-13-8-24(32,9-14-30)16-27-17-25(33)10-15-31(18-25)22-7-12-28-20-5-3-11-29-23(20)22/h1-7,11-12,27,32-33H,8-10,13-18H2. The molecule has 1 aromatic carbocycles. The number of rotatable bonds is 6. The number of hydrogen-bond acceptors (Lipinski definition) is 7. The van der Waals surface area contributed by atoms with Crippen molar-refractivity contribution in [1.82, 2.24) is 15.3 Å². The van der Waals surface area contributed by atoms with Gasteiger partial charge in [-0.25, -0.2) is 4.39 Å². The number of nitrogens with zero attached hydrogens (tertiary/aromatic N) is 4. The largest absolute Gasteiger partial charge is 0.388 e. The van der Waals surface area contributed by atoms with Crippen molar-refractivity contribution in [2.75, 3.05) is 49.1 Å². The molecule has 4 heterocycles. The van der Waals surface area contributed by atoms with E-state index in [2.05, 4.69) is 20.2 Å². The highest BCUT2D eigenvalue weighted by atomic mass is 19.1. The van der Waals surface area contributed by atoms with E-state index in [4.69, 9.17) is 0 Å². The molecule has 0 aliphatic carbocycles. The Bertz CT molecular complexity index is 1120. The third kappa shape index (κ3) is 4.64. The summed E-state index contributed by atoms with van der Waals surface area (Å²) < 4.78 is 14.1. The van der Waals surface area contributed by atoms with Gasteiger partial charge in [0.05, 0.1) is 28.1 Å². The summed E-state index contributed by atoms with van der Waals surface area (Å²) in [6.07, 6.45) is 5.27. The normalized spacial score (nSPS) is 22.8. The maximum Gasteiger partial charge on any atom is 0.146 e. The van der Waals surface area contributed by atoms with Crippen molar-refractivity contribution in [3.8, 4) is 0 Å². The topological polar surface area (TPSA) is 84.8 Å². The zero-order chi connectivity index (χ0) is 22.9. The minimum atomic E-state index is -0.880. The molecule has 2 aliphatic heterocycles. The van der Waals surface area contributed by atoms with Gasteiger partial charge in [-0.3, -0.25) is 9.97 Å². The van der Waals surface area contributed by atoms with E-state index in [1.807, 2.05) is 29.2 Å². The van der Waals surface area contributed by atoms with Crippen LogP contribution in [0.15, 0.2) is 54.9 Å². The molecule has 174 valence electrons. The fraction of sp³-hybridized carbons (Fsp3) is 0.440. The predicted octanol–water partition coefficient (Wildman–Crippen LogP) is 2.33. The number of piperidine rings is 1. The van der Waals surface area contributed by atoms with Crippen molar-refractivity contribution < 1.29 is 14.6 Å². The van der Waals surface area contributed by atoms with Crippen molar-refractivity contribution in [3.05, 3.63) is 60.7 Å². The second-order valence-corrected chi connectivity index (χ2v) is 9.36. The van der Waals surface area contributed by atoms with E-state index in [1.54, 1.807) is 24.5 Å². The number of β-amino-alcohol motifs (C(OH)–C–C–N with tert-alkyl or cyclic N) is 1. The number of aromatic nitrogens is 2. The Labute approximate surface area is 192 Å². The Balaban J connectivity index is 1.15. The number of nitrogens with one attached hydrogen (secondary N) is 1. The summed E-state index contributed by atoms with van der Waals surface area (Å²) in [5.41, 5.74) is 1.51. The van der Waals surface area contributed by atoms with Crippen molar-refractivity contribution in [2.24, 2.45) is 0 Å². The summed E-state index contributed by atoms with van der Waals surface area (Å²) in [4.78, 5) is 13.0. The molecular weight excluding hydrogens is 421 g/mol. The van der Waals surface area contributed by atoms with E-state index in [-0.39, 0.29) is 5.82 Å². The first-order chi connectivity index (χ1) is 15.9. The highest BCUT2D eigenvalue weighted by Gasteiger charge is 2.38. The van der Waals surface area contributed by atoms with Gasteiger partial charge < -0.3 is 25.3 Å². The molecule has 0 spiro atoms. The zero-order valence-electron chi connectivity index (χ0n) is 18.6. The van der Waals surface area contributed by atoms with Gasteiger partial charge in [-0.15, -0.1) is 0 Å². The van der Waals surface area contributed by atoms with Gasteiger partial charge in [0.1, 0.15) is 11.3 Å². The molecule has 2 aromatic heterocycles. The summed E-state index contributed by atoms with van der Waals surface area (Å²) >= 11 is 0. The van der Waals surface area contributed by atoms with Gasteiger partial charge in [-0.1, -0.05) is 12.1 Å². The SMILES string of the molecule is OC1(CNCC2(O)CCN(c3ccnc4cccnc34)C2)CCN(c2ccccc2F)CC1. The fourth-order valence-electron chi connectivity index (χ4n) is 5.00. The summed E-state index contributed by atoms with van der Waals surface area (Å²) in [6.45, 7) is 3.23. The van der Waals surface area contributed by atoms with Crippen LogP contribution in [-0.4, -0.2) is 70.7 Å². The smallest absolute Gasteiger partial charge is 0.146 e. The van der Waals surface area contributed by atoms with E-state index >= 15 is 0 Å². The van der Waals surface area contributed by atoms with Gasteiger partial charge in [0, 0.05) is 51.7 Å². The van der Waals surface area contributed by atoms with Crippen LogP contribution in [0.2, 0.25) is 0 Å². The minimum absolute atomic E-state index is 0.230. The molecule has 0 saturated carbocycles. The number of fused-ring (bicyclic) bond motifs is 1. The third-order valence-electron chi connectivity index (χ3n) is 6.94. The van der Waals surface area contributed by atoms with Crippen LogP contribution < -0.4 is 15.1 Å². The Hall–Kier alpha value is -2.81. The first kappa shape index (κ1) is 22.0. The second kappa shape index (κ2) is 8.85. The number of aliphatic hydroxyl groups is 2. The van der Waals surface area contributed by atoms with E-state index in [1.165, 1.54) is 6.07 Å². The first-order valence-corrected chi connectivity index (χ1v) is 11.5. The maximum atomic E-state index is 14.1. The Morgan fingerprint density at radius 2 is 1.55 bits per heavy atom. The predicted molar refractivity (Wildman–Crippen MR) is 127 cm³/mol.